The number of aliphatic hydroxyl groups is 2. The summed E-state index contributed by atoms with van der Waals surface area (Å²) in [4.78, 5) is 101. The molecule has 47 heavy (non-hydrogen) atoms. The van der Waals surface area contributed by atoms with Crippen molar-refractivity contribution < 1.29 is 48.6 Å². The van der Waals surface area contributed by atoms with E-state index in [2.05, 4.69) is 16.0 Å². The minimum absolute atomic E-state index is 0.0576. The Morgan fingerprint density at radius 1 is 0.894 bits per heavy atom. The highest BCUT2D eigenvalue weighted by Gasteiger charge is 2.41. The second kappa shape index (κ2) is 19.7. The monoisotopic (exact) mass is 663 g/mol. The fourth-order valence-corrected chi connectivity index (χ4v) is 4.42. The number of imide groups is 1. The van der Waals surface area contributed by atoms with Gasteiger partial charge in [0.15, 0.2) is 0 Å². The first kappa shape index (κ1) is 40.3. The highest BCUT2D eigenvalue weighted by Crippen LogP contribution is 2.15. The largest absolute Gasteiger partial charge is 0.394 e. The molecule has 260 valence electrons. The topological polar surface area (TPSA) is 294 Å². The highest BCUT2D eigenvalue weighted by atomic mass is 16.3. The molecule has 7 amide bonds. The second-order valence-electron chi connectivity index (χ2n) is 11.3. The number of nitrogens with one attached hydrogen (secondary N) is 3. The zero-order valence-electron chi connectivity index (χ0n) is 26.6. The van der Waals surface area contributed by atoms with Gasteiger partial charge >= 0.3 is 0 Å². The van der Waals surface area contributed by atoms with E-state index in [9.17, 15) is 48.6 Å². The third kappa shape index (κ3) is 13.3. The Balaban J connectivity index is 3.52. The average Bonchev–Trinajstić information content (AvgIpc) is 3.01. The number of aldehydes is 1. The van der Waals surface area contributed by atoms with E-state index in [0.29, 0.717) is 11.2 Å². The van der Waals surface area contributed by atoms with Crippen LogP contribution in [-0.4, -0.2) is 106 Å². The van der Waals surface area contributed by atoms with E-state index >= 15 is 0 Å². The molecule has 0 aliphatic rings. The lowest BCUT2D eigenvalue weighted by Gasteiger charge is -2.33. The molecule has 11 N–H and O–H groups in total. The minimum atomic E-state index is -2.00. The maximum Gasteiger partial charge on any atom is 0.252 e. The molecule has 0 saturated carbocycles. The third-order valence-electron chi connectivity index (χ3n) is 7.12. The number of benzene rings is 1. The maximum absolute atomic E-state index is 13.7. The number of primary amides is 2. The van der Waals surface area contributed by atoms with Gasteiger partial charge in [-0.3, -0.25) is 38.5 Å². The Morgan fingerprint density at radius 2 is 1.51 bits per heavy atom. The number of aryl methyl sites for hydroxylation is 1. The lowest BCUT2D eigenvalue weighted by atomic mass is 9.99. The van der Waals surface area contributed by atoms with E-state index in [1.165, 1.54) is 0 Å². The molecular weight excluding hydrogens is 618 g/mol. The summed E-state index contributed by atoms with van der Waals surface area (Å²) < 4.78 is 0. The van der Waals surface area contributed by atoms with Gasteiger partial charge < -0.3 is 48.2 Å². The number of carbonyl (C=O) groups excluding carboxylic acids is 8. The summed E-state index contributed by atoms with van der Waals surface area (Å²) in [5, 5.41) is 27.2. The van der Waals surface area contributed by atoms with Gasteiger partial charge in [-0.05, 0) is 30.7 Å². The molecule has 0 bridgehead atoms. The standard InChI is InChI=1S/C30H45N7O10/c1-16(2)21(15-39)35-29(46)26(23(41)11-9-18-7-5-4-6-8-18)36-28(45)22(13-25(33)43)37(17(3)40)30(47)20(10-12-24(32)42)34-27(44)19(31)14-38/h4-8,15-16,19-23,26,38,41H,9-14,31H2,1-3H3,(H2,32,42)(H2,33,43)(H,34,44)(H,35,46)(H,36,45)/t19-,20-,21+,22-,23?,26?/m0/s1. The molecule has 0 radical (unpaired) electrons. The molecule has 0 spiro atoms. The van der Waals surface area contributed by atoms with Crippen LogP contribution in [0, 0.1) is 5.92 Å². The van der Waals surface area contributed by atoms with Crippen LogP contribution < -0.4 is 33.2 Å². The van der Waals surface area contributed by atoms with Gasteiger partial charge in [0.05, 0.1) is 25.2 Å². The van der Waals surface area contributed by atoms with Crippen molar-refractivity contribution in [2.24, 2.45) is 23.1 Å². The van der Waals surface area contributed by atoms with Gasteiger partial charge in [0.2, 0.25) is 35.4 Å². The van der Waals surface area contributed by atoms with Gasteiger partial charge in [-0.2, -0.15) is 0 Å². The summed E-state index contributed by atoms with van der Waals surface area (Å²) in [5.41, 5.74) is 16.9. The fraction of sp³-hybridized carbons (Fsp3) is 0.533. The van der Waals surface area contributed by atoms with Gasteiger partial charge in [0.25, 0.3) is 5.91 Å². The first-order chi connectivity index (χ1) is 22.0. The van der Waals surface area contributed by atoms with Crippen LogP contribution in [0.5, 0.6) is 0 Å². The van der Waals surface area contributed by atoms with Crippen LogP contribution in [0.4, 0.5) is 0 Å². The van der Waals surface area contributed by atoms with Gasteiger partial charge in [-0.15, -0.1) is 0 Å². The number of nitrogens with zero attached hydrogens (tertiary/aromatic N) is 1. The lowest BCUT2D eigenvalue weighted by Crippen LogP contribution is -2.63. The van der Waals surface area contributed by atoms with Crippen LogP contribution in [0.15, 0.2) is 30.3 Å². The Hall–Kier alpha value is -4.74. The summed E-state index contributed by atoms with van der Waals surface area (Å²) in [6, 6.07) is 0.964. The molecule has 0 fully saturated rings. The Bertz CT molecular complexity index is 1280. The van der Waals surface area contributed by atoms with Crippen LogP contribution >= 0.6 is 0 Å². The number of carbonyl (C=O) groups is 8. The molecule has 17 heteroatoms. The molecule has 17 nitrogen and oxygen atoms in total. The van der Waals surface area contributed by atoms with Crippen LogP contribution in [0.1, 0.15) is 52.0 Å². The number of amides is 7. The summed E-state index contributed by atoms with van der Waals surface area (Å²) in [7, 11) is 0. The van der Waals surface area contributed by atoms with E-state index in [-0.39, 0.29) is 18.8 Å². The number of hydrogen-bond donors (Lipinski definition) is 8. The third-order valence-corrected chi connectivity index (χ3v) is 7.12. The first-order valence-corrected chi connectivity index (χ1v) is 14.9. The van der Waals surface area contributed by atoms with E-state index in [1.807, 2.05) is 0 Å². The lowest BCUT2D eigenvalue weighted by molar-refractivity contribution is -0.154. The predicted octanol–water partition coefficient (Wildman–Crippen LogP) is -3.51. The number of hydrogen-bond acceptors (Lipinski definition) is 11. The smallest absolute Gasteiger partial charge is 0.252 e. The molecule has 6 atom stereocenters. The zero-order chi connectivity index (χ0) is 35.8. The van der Waals surface area contributed by atoms with Crippen molar-refractivity contribution in [1.29, 1.82) is 0 Å². The first-order valence-electron chi connectivity index (χ1n) is 14.9. The number of nitrogens with two attached hydrogens (primary N) is 3. The van der Waals surface area contributed by atoms with E-state index in [1.54, 1.807) is 44.2 Å². The minimum Gasteiger partial charge on any atom is -0.394 e. The molecule has 0 heterocycles. The molecule has 0 saturated heterocycles. The summed E-state index contributed by atoms with van der Waals surface area (Å²) in [6.07, 6.45) is -2.74. The molecular formula is C30H45N7O10. The van der Waals surface area contributed by atoms with Crippen molar-refractivity contribution in [3.05, 3.63) is 35.9 Å². The quantitative estimate of drug-likeness (QED) is 0.0633. The molecule has 1 rings (SSSR count). The molecule has 0 aliphatic heterocycles. The maximum atomic E-state index is 13.7. The Labute approximate surface area is 271 Å². The Morgan fingerprint density at radius 3 is 2.00 bits per heavy atom. The molecule has 1 aromatic rings. The number of aliphatic hydroxyl groups excluding tert-OH is 2. The van der Waals surface area contributed by atoms with Crippen molar-refractivity contribution >= 4 is 47.6 Å². The van der Waals surface area contributed by atoms with Gasteiger partial charge in [0.1, 0.15) is 30.5 Å². The van der Waals surface area contributed by atoms with E-state index in [4.69, 9.17) is 17.2 Å². The zero-order valence-corrected chi connectivity index (χ0v) is 26.6. The molecule has 1 aromatic carbocycles. The summed E-state index contributed by atoms with van der Waals surface area (Å²) >= 11 is 0. The van der Waals surface area contributed by atoms with E-state index < -0.39 is 104 Å². The van der Waals surface area contributed by atoms with Crippen LogP contribution in [0.2, 0.25) is 0 Å². The predicted molar refractivity (Wildman–Crippen MR) is 166 cm³/mol. The molecule has 0 aromatic heterocycles. The van der Waals surface area contributed by atoms with Gasteiger partial charge in [-0.1, -0.05) is 44.2 Å². The summed E-state index contributed by atoms with van der Waals surface area (Å²) in [5.74, 6) is -8.00. The summed E-state index contributed by atoms with van der Waals surface area (Å²) in [6.45, 7) is 3.36. The van der Waals surface area contributed by atoms with Crippen LogP contribution in [0.25, 0.3) is 0 Å². The fourth-order valence-electron chi connectivity index (χ4n) is 4.42. The van der Waals surface area contributed by atoms with Crippen molar-refractivity contribution in [2.75, 3.05) is 6.61 Å². The van der Waals surface area contributed by atoms with Crippen LogP contribution in [0.3, 0.4) is 0 Å². The average molecular weight is 664 g/mol. The Kier molecular flexibility index (Phi) is 16.9. The highest BCUT2D eigenvalue weighted by molar-refractivity contribution is 6.04. The van der Waals surface area contributed by atoms with Gasteiger partial charge in [0, 0.05) is 13.3 Å². The number of rotatable bonds is 20. The van der Waals surface area contributed by atoms with Crippen molar-refractivity contribution in [1.82, 2.24) is 20.9 Å². The van der Waals surface area contributed by atoms with Crippen molar-refractivity contribution in [3.8, 4) is 0 Å². The van der Waals surface area contributed by atoms with Crippen LogP contribution in [-0.2, 0) is 44.8 Å². The molecule has 0 aliphatic carbocycles. The molecule has 2 unspecified atom stereocenters. The normalized spacial score (nSPS) is 14.8. The van der Waals surface area contributed by atoms with E-state index in [0.717, 1.165) is 12.5 Å². The van der Waals surface area contributed by atoms with Crippen molar-refractivity contribution in [2.45, 2.75) is 89.2 Å². The van der Waals surface area contributed by atoms with Gasteiger partial charge in [-0.25, -0.2) is 0 Å². The second-order valence-corrected chi connectivity index (χ2v) is 11.3. The SMILES string of the molecule is CC(=O)N(C(=O)[C@H](CCC(N)=O)NC(=O)[C@@H](N)CO)[C@@H](CC(N)=O)C(=O)NC(C(=O)N[C@H](C=O)C(C)C)C(O)CCc1ccccc1. The van der Waals surface area contributed by atoms with Crippen molar-refractivity contribution in [3.63, 3.8) is 0 Å².